The highest BCUT2D eigenvalue weighted by Crippen LogP contribution is 2.10. The molecule has 1 aromatic heterocycles. The lowest BCUT2D eigenvalue weighted by Crippen LogP contribution is -2.13. The molecule has 0 bridgehead atoms. The summed E-state index contributed by atoms with van der Waals surface area (Å²) in [4.78, 5) is 11.4. The highest BCUT2D eigenvalue weighted by atomic mass is 16.1. The van der Waals surface area contributed by atoms with E-state index in [0.29, 0.717) is 6.54 Å². The van der Waals surface area contributed by atoms with Gasteiger partial charge in [-0.2, -0.15) is 0 Å². The van der Waals surface area contributed by atoms with E-state index in [2.05, 4.69) is 28.8 Å². The van der Waals surface area contributed by atoms with Crippen LogP contribution in [0.1, 0.15) is 22.5 Å². The number of aromatic nitrogens is 1. The van der Waals surface area contributed by atoms with Gasteiger partial charge in [0.05, 0.1) is 0 Å². The van der Waals surface area contributed by atoms with Gasteiger partial charge in [-0.3, -0.25) is 4.79 Å². The molecule has 19 heavy (non-hydrogen) atoms. The minimum absolute atomic E-state index is 0.0737. The molecular weight excluding hydrogens is 236 g/mol. The molecule has 3 nitrogen and oxygen atoms in total. The highest BCUT2D eigenvalue weighted by molar-refractivity contribution is 5.24. The fourth-order valence-corrected chi connectivity index (χ4v) is 2.30. The first-order chi connectivity index (χ1) is 9.10. The third-order valence-corrected chi connectivity index (χ3v) is 3.35. The summed E-state index contributed by atoms with van der Waals surface area (Å²) >= 11 is 0. The van der Waals surface area contributed by atoms with Gasteiger partial charge in [0.1, 0.15) is 0 Å². The Balaban J connectivity index is 2.24. The number of pyridine rings is 1. The van der Waals surface area contributed by atoms with Gasteiger partial charge in [0.15, 0.2) is 5.43 Å². The first kappa shape index (κ1) is 13.6. The lowest BCUT2D eigenvalue weighted by Gasteiger charge is -2.14. The van der Waals surface area contributed by atoms with Gasteiger partial charge < -0.3 is 10.3 Å². The van der Waals surface area contributed by atoms with Crippen molar-refractivity contribution in [3.8, 4) is 0 Å². The van der Waals surface area contributed by atoms with E-state index in [0.717, 1.165) is 24.4 Å². The Hall–Kier alpha value is -1.87. The van der Waals surface area contributed by atoms with E-state index < -0.39 is 0 Å². The summed E-state index contributed by atoms with van der Waals surface area (Å²) < 4.78 is 2.15. The van der Waals surface area contributed by atoms with E-state index in [9.17, 15) is 4.79 Å². The second-order valence-corrected chi connectivity index (χ2v) is 4.92. The SMILES string of the molecule is Cc1cc(=O)cc(C)n1Cc1ccc(CCN)cc1. The standard InChI is InChI=1S/C16H20N2O/c1-12-9-16(19)10-13(2)18(12)11-15-5-3-14(4-6-15)7-8-17/h3-6,9-10H,7-8,11,17H2,1-2H3. The molecule has 2 rings (SSSR count). The molecular formula is C16H20N2O. The second-order valence-electron chi connectivity index (χ2n) is 4.92. The predicted molar refractivity (Wildman–Crippen MR) is 78.5 cm³/mol. The molecule has 0 radical (unpaired) electrons. The van der Waals surface area contributed by atoms with Gasteiger partial charge in [0.25, 0.3) is 0 Å². The Labute approximate surface area is 113 Å². The fraction of sp³-hybridized carbons (Fsp3) is 0.312. The fourth-order valence-electron chi connectivity index (χ4n) is 2.30. The quantitative estimate of drug-likeness (QED) is 0.909. The Morgan fingerprint density at radius 3 is 2.05 bits per heavy atom. The summed E-state index contributed by atoms with van der Waals surface area (Å²) in [6.07, 6.45) is 0.913. The van der Waals surface area contributed by atoms with Crippen molar-refractivity contribution < 1.29 is 0 Å². The number of nitrogens with two attached hydrogens (primary N) is 1. The Morgan fingerprint density at radius 2 is 1.53 bits per heavy atom. The molecule has 0 fully saturated rings. The zero-order valence-corrected chi connectivity index (χ0v) is 11.5. The van der Waals surface area contributed by atoms with Crippen LogP contribution in [0.25, 0.3) is 0 Å². The third kappa shape index (κ3) is 3.32. The first-order valence-electron chi connectivity index (χ1n) is 6.56. The highest BCUT2D eigenvalue weighted by Gasteiger charge is 2.02. The lowest BCUT2D eigenvalue weighted by atomic mass is 10.1. The van der Waals surface area contributed by atoms with Gasteiger partial charge in [-0.15, -0.1) is 0 Å². The molecule has 0 aliphatic rings. The third-order valence-electron chi connectivity index (χ3n) is 3.35. The number of aryl methyl sites for hydroxylation is 2. The number of hydrogen-bond acceptors (Lipinski definition) is 2. The van der Waals surface area contributed by atoms with E-state index in [1.165, 1.54) is 11.1 Å². The summed E-state index contributed by atoms with van der Waals surface area (Å²) in [5.41, 5.74) is 10.1. The van der Waals surface area contributed by atoms with Crippen LogP contribution in [-0.2, 0) is 13.0 Å². The number of benzene rings is 1. The summed E-state index contributed by atoms with van der Waals surface area (Å²) in [7, 11) is 0. The first-order valence-corrected chi connectivity index (χ1v) is 6.56. The molecule has 0 atom stereocenters. The molecule has 2 N–H and O–H groups in total. The molecule has 3 heteroatoms. The van der Waals surface area contributed by atoms with Crippen LogP contribution in [0.2, 0.25) is 0 Å². The molecule has 100 valence electrons. The van der Waals surface area contributed by atoms with E-state index >= 15 is 0 Å². The molecule has 2 aromatic rings. The van der Waals surface area contributed by atoms with Gasteiger partial charge in [-0.1, -0.05) is 24.3 Å². The van der Waals surface area contributed by atoms with Crippen LogP contribution >= 0.6 is 0 Å². The maximum Gasteiger partial charge on any atom is 0.182 e. The van der Waals surface area contributed by atoms with Crippen molar-refractivity contribution in [3.05, 3.63) is 69.1 Å². The second kappa shape index (κ2) is 5.85. The molecule has 0 spiro atoms. The van der Waals surface area contributed by atoms with Crippen LogP contribution in [0.15, 0.2) is 41.2 Å². The summed E-state index contributed by atoms with van der Waals surface area (Å²) in [6.45, 7) is 5.41. The maximum absolute atomic E-state index is 11.4. The molecule has 1 aromatic carbocycles. The Bertz CT molecular complexity index is 585. The van der Waals surface area contributed by atoms with Crippen molar-refractivity contribution in [1.29, 1.82) is 0 Å². The molecule has 0 aliphatic carbocycles. The Kier molecular flexibility index (Phi) is 4.17. The van der Waals surface area contributed by atoms with Crippen molar-refractivity contribution in [1.82, 2.24) is 4.57 Å². The van der Waals surface area contributed by atoms with Crippen LogP contribution in [0.3, 0.4) is 0 Å². The van der Waals surface area contributed by atoms with Gasteiger partial charge >= 0.3 is 0 Å². The van der Waals surface area contributed by atoms with Crippen LogP contribution in [0.4, 0.5) is 0 Å². The average Bonchev–Trinajstić information content (AvgIpc) is 2.36. The number of rotatable bonds is 4. The number of hydrogen-bond donors (Lipinski definition) is 1. The van der Waals surface area contributed by atoms with E-state index in [1.807, 2.05) is 13.8 Å². The predicted octanol–water partition coefficient (Wildman–Crippen LogP) is 2.01. The molecule has 0 amide bonds. The van der Waals surface area contributed by atoms with E-state index in [1.54, 1.807) is 12.1 Å². The zero-order valence-electron chi connectivity index (χ0n) is 11.5. The van der Waals surface area contributed by atoms with Crippen molar-refractivity contribution in [3.63, 3.8) is 0 Å². The maximum atomic E-state index is 11.4. The van der Waals surface area contributed by atoms with Gasteiger partial charge in [-0.05, 0) is 37.9 Å². The minimum Gasteiger partial charge on any atom is -0.345 e. The molecule has 0 unspecified atom stereocenters. The smallest absolute Gasteiger partial charge is 0.182 e. The summed E-state index contributed by atoms with van der Waals surface area (Å²) in [6, 6.07) is 11.8. The van der Waals surface area contributed by atoms with Crippen molar-refractivity contribution in [2.75, 3.05) is 6.54 Å². The van der Waals surface area contributed by atoms with E-state index in [4.69, 9.17) is 5.73 Å². The van der Waals surface area contributed by atoms with Crippen LogP contribution < -0.4 is 11.2 Å². The van der Waals surface area contributed by atoms with E-state index in [-0.39, 0.29) is 5.43 Å². The van der Waals surface area contributed by atoms with Gasteiger partial charge in [0.2, 0.25) is 0 Å². The average molecular weight is 256 g/mol. The van der Waals surface area contributed by atoms with Crippen LogP contribution in [-0.4, -0.2) is 11.1 Å². The molecule has 0 saturated carbocycles. The Morgan fingerprint density at radius 1 is 1.00 bits per heavy atom. The molecule has 0 saturated heterocycles. The normalized spacial score (nSPS) is 10.7. The van der Waals surface area contributed by atoms with Crippen molar-refractivity contribution >= 4 is 0 Å². The largest absolute Gasteiger partial charge is 0.345 e. The molecule has 1 heterocycles. The zero-order chi connectivity index (χ0) is 13.8. The van der Waals surface area contributed by atoms with Crippen LogP contribution in [0.5, 0.6) is 0 Å². The number of nitrogens with zero attached hydrogens (tertiary/aromatic N) is 1. The van der Waals surface area contributed by atoms with Crippen molar-refractivity contribution in [2.24, 2.45) is 5.73 Å². The summed E-state index contributed by atoms with van der Waals surface area (Å²) in [5.74, 6) is 0. The van der Waals surface area contributed by atoms with Crippen LogP contribution in [0, 0.1) is 13.8 Å². The van der Waals surface area contributed by atoms with Gasteiger partial charge in [-0.25, -0.2) is 0 Å². The molecule has 0 aliphatic heterocycles. The van der Waals surface area contributed by atoms with Crippen molar-refractivity contribution in [2.45, 2.75) is 26.8 Å². The summed E-state index contributed by atoms with van der Waals surface area (Å²) in [5, 5.41) is 0. The lowest BCUT2D eigenvalue weighted by molar-refractivity contribution is 0.727. The topological polar surface area (TPSA) is 48.0 Å². The van der Waals surface area contributed by atoms with Gasteiger partial charge in [0, 0.05) is 30.1 Å². The minimum atomic E-state index is 0.0737. The monoisotopic (exact) mass is 256 g/mol.